The molecule has 7 heteroatoms. The van der Waals surface area contributed by atoms with Gasteiger partial charge in [0.05, 0.1) is 12.1 Å². The minimum Gasteiger partial charge on any atom is -0.507 e. The molecule has 6 nitrogen and oxygen atoms in total. The maximum atomic E-state index is 11.8. The average molecular weight is 300 g/mol. The Morgan fingerprint density at radius 2 is 2.00 bits per heavy atom. The van der Waals surface area contributed by atoms with Crippen molar-refractivity contribution in [2.24, 2.45) is 0 Å². The van der Waals surface area contributed by atoms with Crippen molar-refractivity contribution in [2.75, 3.05) is 13.6 Å². The van der Waals surface area contributed by atoms with E-state index in [-0.39, 0.29) is 29.8 Å². The second kappa shape index (κ2) is 7.12. The van der Waals surface area contributed by atoms with Gasteiger partial charge in [0.15, 0.2) is 0 Å². The molecule has 20 heavy (non-hydrogen) atoms. The van der Waals surface area contributed by atoms with Crippen molar-refractivity contribution in [1.82, 2.24) is 15.8 Å². The van der Waals surface area contributed by atoms with Gasteiger partial charge in [-0.25, -0.2) is 0 Å². The average Bonchev–Trinajstić information content (AvgIpc) is 2.38. The standard InChI is InChI=1S/C13H18ClN3O3/c1-8(2)17(3)7-12(19)15-16-13(20)10-6-9(14)4-5-11(10)18/h4-6,8,18H,7H2,1-3H3,(H,15,19)(H,16,20). The van der Waals surface area contributed by atoms with E-state index in [0.717, 1.165) is 0 Å². The lowest BCUT2D eigenvalue weighted by molar-refractivity contribution is -0.123. The van der Waals surface area contributed by atoms with Crippen LogP contribution in [0.1, 0.15) is 24.2 Å². The van der Waals surface area contributed by atoms with Gasteiger partial charge in [-0.05, 0) is 39.1 Å². The van der Waals surface area contributed by atoms with Crippen molar-refractivity contribution in [2.45, 2.75) is 19.9 Å². The van der Waals surface area contributed by atoms with Crippen LogP contribution in [0.4, 0.5) is 0 Å². The smallest absolute Gasteiger partial charge is 0.273 e. The summed E-state index contributed by atoms with van der Waals surface area (Å²) in [5.74, 6) is -1.19. The summed E-state index contributed by atoms with van der Waals surface area (Å²) in [5, 5.41) is 9.87. The first-order chi connectivity index (χ1) is 9.31. The number of hydrazine groups is 1. The van der Waals surface area contributed by atoms with Crippen LogP contribution in [0.3, 0.4) is 0 Å². The highest BCUT2D eigenvalue weighted by Gasteiger charge is 2.14. The van der Waals surface area contributed by atoms with Crippen molar-refractivity contribution in [1.29, 1.82) is 0 Å². The Hall–Kier alpha value is -1.79. The molecule has 0 bridgehead atoms. The van der Waals surface area contributed by atoms with E-state index in [9.17, 15) is 14.7 Å². The summed E-state index contributed by atoms with van der Waals surface area (Å²) in [5.41, 5.74) is 4.50. The highest BCUT2D eigenvalue weighted by Crippen LogP contribution is 2.20. The molecule has 0 saturated carbocycles. The third-order valence-corrected chi connectivity index (χ3v) is 3.03. The number of nitrogens with zero attached hydrogens (tertiary/aromatic N) is 1. The van der Waals surface area contributed by atoms with E-state index < -0.39 is 5.91 Å². The fourth-order valence-corrected chi connectivity index (χ4v) is 1.50. The van der Waals surface area contributed by atoms with Gasteiger partial charge in [0.25, 0.3) is 11.8 Å². The van der Waals surface area contributed by atoms with E-state index >= 15 is 0 Å². The number of phenolic OH excluding ortho intramolecular Hbond substituents is 1. The van der Waals surface area contributed by atoms with Crippen molar-refractivity contribution in [3.63, 3.8) is 0 Å². The number of aromatic hydroxyl groups is 1. The number of amides is 2. The summed E-state index contributed by atoms with van der Waals surface area (Å²) in [4.78, 5) is 25.2. The fourth-order valence-electron chi connectivity index (χ4n) is 1.33. The number of hydrogen-bond acceptors (Lipinski definition) is 4. The van der Waals surface area contributed by atoms with Gasteiger partial charge in [0.2, 0.25) is 0 Å². The van der Waals surface area contributed by atoms with Crippen molar-refractivity contribution < 1.29 is 14.7 Å². The minimum atomic E-state index is -0.634. The molecular weight excluding hydrogens is 282 g/mol. The van der Waals surface area contributed by atoms with Gasteiger partial charge in [0, 0.05) is 11.1 Å². The third-order valence-electron chi connectivity index (χ3n) is 2.79. The van der Waals surface area contributed by atoms with Crippen LogP contribution in [0.25, 0.3) is 0 Å². The van der Waals surface area contributed by atoms with Crippen LogP contribution in [-0.2, 0) is 4.79 Å². The minimum absolute atomic E-state index is 0.00462. The molecule has 3 N–H and O–H groups in total. The van der Waals surface area contributed by atoms with E-state index in [0.29, 0.717) is 5.02 Å². The monoisotopic (exact) mass is 299 g/mol. The first kappa shape index (κ1) is 16.3. The Bertz CT molecular complexity index is 506. The van der Waals surface area contributed by atoms with Crippen LogP contribution in [-0.4, -0.2) is 41.5 Å². The summed E-state index contributed by atoms with van der Waals surface area (Å²) >= 11 is 5.74. The molecule has 0 aromatic heterocycles. The van der Waals surface area contributed by atoms with E-state index in [1.807, 2.05) is 18.7 Å². The van der Waals surface area contributed by atoms with Crippen LogP contribution >= 0.6 is 11.6 Å². The molecule has 0 radical (unpaired) electrons. The summed E-state index contributed by atoms with van der Waals surface area (Å²) in [7, 11) is 1.80. The predicted octanol–water partition coefficient (Wildman–Crippen LogP) is 1.15. The lowest BCUT2D eigenvalue weighted by Crippen LogP contribution is -2.46. The van der Waals surface area contributed by atoms with E-state index in [2.05, 4.69) is 10.9 Å². The Morgan fingerprint density at radius 1 is 1.35 bits per heavy atom. The van der Waals surface area contributed by atoms with E-state index in [1.54, 1.807) is 7.05 Å². The Balaban J connectivity index is 2.55. The number of rotatable bonds is 4. The zero-order valence-corrected chi connectivity index (χ0v) is 12.4. The number of likely N-dealkylation sites (N-methyl/N-ethyl adjacent to an activating group) is 1. The van der Waals surface area contributed by atoms with Gasteiger partial charge in [0.1, 0.15) is 5.75 Å². The van der Waals surface area contributed by atoms with Gasteiger partial charge in [-0.1, -0.05) is 11.6 Å². The molecule has 0 saturated heterocycles. The normalized spacial score (nSPS) is 10.7. The van der Waals surface area contributed by atoms with Crippen LogP contribution in [0.5, 0.6) is 5.75 Å². The van der Waals surface area contributed by atoms with Gasteiger partial charge in [-0.15, -0.1) is 0 Å². The van der Waals surface area contributed by atoms with E-state index in [1.165, 1.54) is 18.2 Å². The van der Waals surface area contributed by atoms with Crippen LogP contribution < -0.4 is 10.9 Å². The molecule has 0 unspecified atom stereocenters. The molecule has 0 heterocycles. The molecule has 1 aromatic carbocycles. The molecule has 1 rings (SSSR count). The first-order valence-electron chi connectivity index (χ1n) is 6.09. The van der Waals surface area contributed by atoms with E-state index in [4.69, 9.17) is 11.6 Å². The maximum Gasteiger partial charge on any atom is 0.273 e. The number of carbonyl (C=O) groups excluding carboxylic acids is 2. The van der Waals surface area contributed by atoms with Gasteiger partial charge < -0.3 is 5.11 Å². The maximum absolute atomic E-state index is 11.8. The summed E-state index contributed by atoms with van der Waals surface area (Å²) < 4.78 is 0. The van der Waals surface area contributed by atoms with Crippen molar-refractivity contribution >= 4 is 23.4 Å². The molecule has 0 aliphatic rings. The number of halogens is 1. The highest BCUT2D eigenvalue weighted by molar-refractivity contribution is 6.31. The number of carbonyl (C=O) groups is 2. The molecular formula is C13H18ClN3O3. The summed E-state index contributed by atoms with van der Waals surface area (Å²) in [6.45, 7) is 4.06. The second-order valence-corrected chi connectivity index (χ2v) is 5.11. The Labute approximate surface area is 122 Å². The Kier molecular flexibility index (Phi) is 5.79. The zero-order valence-electron chi connectivity index (χ0n) is 11.6. The van der Waals surface area contributed by atoms with Gasteiger partial charge in [-0.2, -0.15) is 0 Å². The number of phenols is 1. The Morgan fingerprint density at radius 3 is 2.60 bits per heavy atom. The number of nitrogens with one attached hydrogen (secondary N) is 2. The third kappa shape index (κ3) is 4.71. The zero-order chi connectivity index (χ0) is 15.3. The van der Waals surface area contributed by atoms with Crippen LogP contribution in [0.2, 0.25) is 5.02 Å². The number of benzene rings is 1. The SMILES string of the molecule is CC(C)N(C)CC(=O)NNC(=O)c1cc(Cl)ccc1O. The summed E-state index contributed by atoms with van der Waals surface area (Å²) in [6, 6.07) is 4.31. The summed E-state index contributed by atoms with van der Waals surface area (Å²) in [6.07, 6.45) is 0. The fraction of sp³-hybridized carbons (Fsp3) is 0.385. The molecule has 0 fully saturated rings. The van der Waals surface area contributed by atoms with Crippen molar-refractivity contribution in [3.8, 4) is 5.75 Å². The predicted molar refractivity (Wildman–Crippen MR) is 76.5 cm³/mol. The van der Waals surface area contributed by atoms with Crippen molar-refractivity contribution in [3.05, 3.63) is 28.8 Å². The second-order valence-electron chi connectivity index (χ2n) is 4.67. The van der Waals surface area contributed by atoms with Gasteiger partial charge >= 0.3 is 0 Å². The molecule has 0 atom stereocenters. The highest BCUT2D eigenvalue weighted by atomic mass is 35.5. The molecule has 110 valence electrons. The molecule has 0 aliphatic carbocycles. The van der Waals surface area contributed by atoms with Crippen LogP contribution in [0, 0.1) is 0 Å². The lowest BCUT2D eigenvalue weighted by Gasteiger charge is -2.20. The lowest BCUT2D eigenvalue weighted by atomic mass is 10.2. The molecule has 2 amide bonds. The topological polar surface area (TPSA) is 81.7 Å². The van der Waals surface area contributed by atoms with Gasteiger partial charge in [-0.3, -0.25) is 25.3 Å². The molecule has 1 aromatic rings. The molecule has 0 spiro atoms. The quantitative estimate of drug-likeness (QED) is 0.728. The molecule has 0 aliphatic heterocycles. The first-order valence-corrected chi connectivity index (χ1v) is 6.47. The van der Waals surface area contributed by atoms with Crippen LogP contribution in [0.15, 0.2) is 18.2 Å². The largest absolute Gasteiger partial charge is 0.507 e. The number of hydrogen-bond donors (Lipinski definition) is 3.